The monoisotopic (exact) mass is 248 g/mol. The SMILES string of the molecule is CCC(O)(CC)C1CCCC(S(C)(=O)=O)C1. The van der Waals surface area contributed by atoms with E-state index in [4.69, 9.17) is 0 Å². The number of hydrogen-bond donors (Lipinski definition) is 1. The van der Waals surface area contributed by atoms with E-state index in [1.54, 1.807) is 0 Å². The van der Waals surface area contributed by atoms with E-state index < -0.39 is 15.4 Å². The van der Waals surface area contributed by atoms with Crippen molar-refractivity contribution in [3.63, 3.8) is 0 Å². The molecule has 0 radical (unpaired) electrons. The van der Waals surface area contributed by atoms with Gasteiger partial charge in [-0.2, -0.15) is 0 Å². The zero-order chi connectivity index (χ0) is 12.4. The molecule has 0 amide bonds. The van der Waals surface area contributed by atoms with Crippen molar-refractivity contribution in [3.05, 3.63) is 0 Å². The zero-order valence-electron chi connectivity index (χ0n) is 10.6. The Morgan fingerprint density at radius 3 is 2.25 bits per heavy atom. The van der Waals surface area contributed by atoms with E-state index in [0.717, 1.165) is 19.3 Å². The molecule has 3 nitrogen and oxygen atoms in total. The Hall–Kier alpha value is -0.0900. The van der Waals surface area contributed by atoms with Gasteiger partial charge >= 0.3 is 0 Å². The summed E-state index contributed by atoms with van der Waals surface area (Å²) in [7, 11) is -2.95. The molecule has 1 aliphatic carbocycles. The van der Waals surface area contributed by atoms with Crippen LogP contribution in [0, 0.1) is 5.92 Å². The Kier molecular flexibility index (Phi) is 4.41. The topological polar surface area (TPSA) is 54.4 Å². The van der Waals surface area contributed by atoms with Gasteiger partial charge in [0.15, 0.2) is 0 Å². The van der Waals surface area contributed by atoms with E-state index in [2.05, 4.69) is 0 Å². The fourth-order valence-electron chi connectivity index (χ4n) is 2.85. The molecule has 0 heterocycles. The summed E-state index contributed by atoms with van der Waals surface area (Å²) >= 11 is 0. The lowest BCUT2D eigenvalue weighted by atomic mass is 9.74. The molecule has 4 heteroatoms. The second kappa shape index (κ2) is 5.05. The normalized spacial score (nSPS) is 28.0. The van der Waals surface area contributed by atoms with Gasteiger partial charge in [-0.25, -0.2) is 8.42 Å². The average molecular weight is 248 g/mol. The molecule has 1 fully saturated rings. The van der Waals surface area contributed by atoms with Crippen LogP contribution in [0.2, 0.25) is 0 Å². The minimum absolute atomic E-state index is 0.149. The highest BCUT2D eigenvalue weighted by molar-refractivity contribution is 7.91. The minimum atomic E-state index is -2.95. The third kappa shape index (κ3) is 2.98. The van der Waals surface area contributed by atoms with Crippen LogP contribution < -0.4 is 0 Å². The van der Waals surface area contributed by atoms with Gasteiger partial charge in [-0.05, 0) is 38.0 Å². The van der Waals surface area contributed by atoms with Gasteiger partial charge in [0.2, 0.25) is 0 Å². The first kappa shape index (κ1) is 14.0. The quantitative estimate of drug-likeness (QED) is 0.829. The van der Waals surface area contributed by atoms with Crippen LogP contribution in [-0.4, -0.2) is 30.6 Å². The molecule has 0 aromatic heterocycles. The first-order chi connectivity index (χ1) is 7.33. The highest BCUT2D eigenvalue weighted by atomic mass is 32.2. The Labute approximate surface area is 99.2 Å². The minimum Gasteiger partial charge on any atom is -0.390 e. The van der Waals surface area contributed by atoms with Crippen molar-refractivity contribution in [3.8, 4) is 0 Å². The lowest BCUT2D eigenvalue weighted by molar-refractivity contribution is -0.0387. The maximum absolute atomic E-state index is 11.6. The van der Waals surface area contributed by atoms with Crippen LogP contribution in [0.15, 0.2) is 0 Å². The van der Waals surface area contributed by atoms with E-state index in [1.165, 1.54) is 6.26 Å². The molecule has 96 valence electrons. The van der Waals surface area contributed by atoms with E-state index in [1.807, 2.05) is 13.8 Å². The summed E-state index contributed by atoms with van der Waals surface area (Å²) in [5, 5.41) is 10.2. The predicted molar refractivity (Wildman–Crippen MR) is 66.1 cm³/mol. The van der Waals surface area contributed by atoms with Crippen molar-refractivity contribution >= 4 is 9.84 Å². The lowest BCUT2D eigenvalue weighted by Crippen LogP contribution is -2.42. The fraction of sp³-hybridized carbons (Fsp3) is 1.00. The van der Waals surface area contributed by atoms with Gasteiger partial charge in [0.25, 0.3) is 0 Å². The molecule has 0 aromatic carbocycles. The van der Waals surface area contributed by atoms with Crippen LogP contribution >= 0.6 is 0 Å². The largest absolute Gasteiger partial charge is 0.390 e. The summed E-state index contributed by atoms with van der Waals surface area (Å²) in [6.07, 6.45) is 6.02. The molecule has 1 aliphatic rings. The molecule has 0 aliphatic heterocycles. The number of aliphatic hydroxyl groups is 1. The van der Waals surface area contributed by atoms with Gasteiger partial charge in [0.1, 0.15) is 9.84 Å². The summed E-state index contributed by atoms with van der Waals surface area (Å²) in [6, 6.07) is 0. The van der Waals surface area contributed by atoms with Crippen molar-refractivity contribution in [2.45, 2.75) is 63.2 Å². The molecule has 1 saturated carbocycles. The maximum atomic E-state index is 11.6. The van der Waals surface area contributed by atoms with Gasteiger partial charge in [0, 0.05) is 6.26 Å². The molecule has 1 N–H and O–H groups in total. The third-order valence-corrected chi connectivity index (χ3v) is 5.86. The second-order valence-corrected chi connectivity index (χ2v) is 7.45. The first-order valence-electron chi connectivity index (χ1n) is 6.24. The molecular formula is C12H24O3S. The Morgan fingerprint density at radius 1 is 1.25 bits per heavy atom. The third-order valence-electron chi connectivity index (χ3n) is 4.22. The Bertz CT molecular complexity index is 317. The maximum Gasteiger partial charge on any atom is 0.150 e. The standard InChI is InChI=1S/C12H24O3S/c1-4-12(13,5-2)10-7-6-8-11(9-10)16(3,14)15/h10-11,13H,4-9H2,1-3H3. The van der Waals surface area contributed by atoms with Crippen LogP contribution in [0.4, 0.5) is 0 Å². The van der Waals surface area contributed by atoms with E-state index in [0.29, 0.717) is 19.3 Å². The van der Waals surface area contributed by atoms with Crippen molar-refractivity contribution < 1.29 is 13.5 Å². The lowest BCUT2D eigenvalue weighted by Gasteiger charge is -2.39. The number of rotatable bonds is 4. The molecule has 0 bridgehead atoms. The smallest absolute Gasteiger partial charge is 0.150 e. The summed E-state index contributed by atoms with van der Waals surface area (Å²) in [6.45, 7) is 3.96. The van der Waals surface area contributed by atoms with Crippen molar-refractivity contribution in [2.75, 3.05) is 6.26 Å². The van der Waals surface area contributed by atoms with Crippen LogP contribution in [-0.2, 0) is 9.84 Å². The van der Waals surface area contributed by atoms with E-state index in [-0.39, 0.29) is 11.2 Å². The van der Waals surface area contributed by atoms with E-state index >= 15 is 0 Å². The molecule has 0 saturated heterocycles. The molecular weight excluding hydrogens is 224 g/mol. The van der Waals surface area contributed by atoms with Crippen LogP contribution in [0.25, 0.3) is 0 Å². The fourth-order valence-corrected chi connectivity index (χ4v) is 4.03. The molecule has 2 atom stereocenters. The molecule has 1 rings (SSSR count). The second-order valence-electron chi connectivity index (χ2n) is 5.13. The zero-order valence-corrected chi connectivity index (χ0v) is 11.4. The van der Waals surface area contributed by atoms with Crippen molar-refractivity contribution in [1.29, 1.82) is 0 Å². The predicted octanol–water partition coefficient (Wildman–Crippen LogP) is 2.14. The molecule has 0 spiro atoms. The van der Waals surface area contributed by atoms with Gasteiger partial charge in [-0.15, -0.1) is 0 Å². The summed E-state index contributed by atoms with van der Waals surface area (Å²) in [4.78, 5) is 0. The van der Waals surface area contributed by atoms with Crippen molar-refractivity contribution in [1.82, 2.24) is 0 Å². The highest BCUT2D eigenvalue weighted by Gasteiger charge is 2.39. The molecule has 2 unspecified atom stereocenters. The van der Waals surface area contributed by atoms with Gasteiger partial charge < -0.3 is 5.11 Å². The highest BCUT2D eigenvalue weighted by Crippen LogP contribution is 2.38. The van der Waals surface area contributed by atoms with Crippen LogP contribution in [0.1, 0.15) is 52.4 Å². The van der Waals surface area contributed by atoms with Crippen LogP contribution in [0.5, 0.6) is 0 Å². The first-order valence-corrected chi connectivity index (χ1v) is 8.20. The Balaban J connectivity index is 2.78. The summed E-state index contributed by atoms with van der Waals surface area (Å²) in [5.74, 6) is 0.149. The summed E-state index contributed by atoms with van der Waals surface area (Å²) < 4.78 is 23.1. The average Bonchev–Trinajstić information content (AvgIpc) is 2.27. The Morgan fingerprint density at radius 2 is 1.81 bits per heavy atom. The van der Waals surface area contributed by atoms with Gasteiger partial charge in [-0.1, -0.05) is 20.3 Å². The number of sulfone groups is 1. The van der Waals surface area contributed by atoms with Gasteiger partial charge in [0.05, 0.1) is 10.9 Å². The van der Waals surface area contributed by atoms with Gasteiger partial charge in [-0.3, -0.25) is 0 Å². The van der Waals surface area contributed by atoms with E-state index in [9.17, 15) is 13.5 Å². The number of hydrogen-bond acceptors (Lipinski definition) is 3. The molecule has 0 aromatic rings. The van der Waals surface area contributed by atoms with Crippen molar-refractivity contribution in [2.24, 2.45) is 5.92 Å². The van der Waals surface area contributed by atoms with Crippen LogP contribution in [0.3, 0.4) is 0 Å². The summed E-state index contributed by atoms with van der Waals surface area (Å²) in [5.41, 5.74) is -0.663. The molecule has 16 heavy (non-hydrogen) atoms.